The van der Waals surface area contributed by atoms with Gasteiger partial charge in [-0.15, -0.1) is 0 Å². The summed E-state index contributed by atoms with van der Waals surface area (Å²) in [6.45, 7) is 2.27. The number of nitrogens with one attached hydrogen (secondary N) is 7. The molecular formula is C37H55N10O13+. The minimum atomic E-state index is -1.48. The average Bonchev–Trinajstić information content (AvgIpc) is 3.19. The van der Waals surface area contributed by atoms with Crippen molar-refractivity contribution in [2.45, 2.75) is 90.1 Å². The first-order chi connectivity index (χ1) is 28.4. The Hall–Kier alpha value is -6.81. The molecule has 0 aromatic heterocycles. The highest BCUT2D eigenvalue weighted by Crippen LogP contribution is 2.12. The third-order valence-electron chi connectivity index (χ3n) is 8.60. The summed E-state index contributed by atoms with van der Waals surface area (Å²) in [5, 5.41) is 15.0. The number of esters is 3. The zero-order chi connectivity index (χ0) is 44.8. The highest BCUT2D eigenvalue weighted by atomic mass is 16.6. The van der Waals surface area contributed by atoms with Crippen molar-refractivity contribution in [2.24, 2.45) is 11.5 Å². The van der Waals surface area contributed by atoms with Gasteiger partial charge in [0.1, 0.15) is 31.3 Å². The van der Waals surface area contributed by atoms with Crippen molar-refractivity contribution in [3.05, 3.63) is 35.4 Å². The van der Waals surface area contributed by atoms with E-state index in [1.54, 1.807) is 19.1 Å². The molecule has 23 heteroatoms. The van der Waals surface area contributed by atoms with Crippen molar-refractivity contribution < 1.29 is 67.1 Å². The van der Waals surface area contributed by atoms with Gasteiger partial charge in [0.05, 0.1) is 32.6 Å². The third-order valence-corrected chi connectivity index (χ3v) is 8.60. The molecule has 23 nitrogen and oxygen atoms in total. The van der Waals surface area contributed by atoms with Gasteiger partial charge in [-0.25, -0.2) is 0 Å². The Bertz CT molecular complexity index is 1770. The molecule has 0 radical (unpaired) electrons. The lowest BCUT2D eigenvalue weighted by Gasteiger charge is -2.30. The molecule has 2 bridgehead atoms. The molecule has 1 aliphatic heterocycles. The topological polar surface area (TPSA) is 340 Å². The van der Waals surface area contributed by atoms with Crippen molar-refractivity contribution >= 4 is 65.2 Å². The summed E-state index contributed by atoms with van der Waals surface area (Å²) in [5.41, 5.74) is 11.6. The molecule has 11 N–H and O–H groups in total. The lowest BCUT2D eigenvalue weighted by molar-refractivity contribution is -0.459. The average molecular weight is 848 g/mol. The minimum absolute atomic E-state index is 0.0413. The first kappa shape index (κ1) is 49.3. The van der Waals surface area contributed by atoms with E-state index in [0.717, 1.165) is 13.8 Å². The Labute approximate surface area is 345 Å². The van der Waals surface area contributed by atoms with Crippen molar-refractivity contribution in [1.82, 2.24) is 36.8 Å². The fraction of sp³-hybridized carbons (Fsp3) is 0.541. The molecule has 330 valence electrons. The van der Waals surface area contributed by atoms with Gasteiger partial charge in [0, 0.05) is 39.4 Å². The summed E-state index contributed by atoms with van der Waals surface area (Å²) in [4.78, 5) is 130. The van der Waals surface area contributed by atoms with Crippen molar-refractivity contribution in [3.8, 4) is 0 Å². The number of likely N-dealkylation sites (N-methyl/N-ethyl adjacent to an activating group) is 1. The van der Waals surface area contributed by atoms with E-state index in [1.165, 1.54) is 24.1 Å². The van der Waals surface area contributed by atoms with Crippen LogP contribution in [0.3, 0.4) is 0 Å². The summed E-state index contributed by atoms with van der Waals surface area (Å²) in [6.07, 6.45) is -1.78. The van der Waals surface area contributed by atoms with E-state index in [2.05, 4.69) is 36.9 Å². The standard InChI is InChI=1S/C37H54N10O13/c1-5-26-36(57)47(4)28(10-7-13-40-37(38)39)35(56)42-17-31(52)45-27(34(55)41-16-23-8-6-9-24(14-23)33(54)46-26)15-30(51)44-20-43-29(50)11-12-32(53)59-19-25(60-22(3)49)18-58-21(2)48/h6,8-9,14,25-28H,5,7,10-13,15-20H2,1-4H3,(H,41,55)(H,42,56)(H,43,50)(H,44,51)(H,45,52)(H,46,54)(H4,38,39,40)/p+1. The molecule has 1 heterocycles. The van der Waals surface area contributed by atoms with Crippen LogP contribution >= 0.6 is 0 Å². The number of carbonyl (C=O) groups excluding carboxylic acids is 10. The summed E-state index contributed by atoms with van der Waals surface area (Å²) >= 11 is 0. The fourth-order valence-electron chi connectivity index (χ4n) is 5.51. The van der Waals surface area contributed by atoms with Crippen molar-refractivity contribution in [1.29, 1.82) is 0 Å². The molecule has 4 atom stereocenters. The first-order valence-corrected chi connectivity index (χ1v) is 19.0. The number of amides is 7. The maximum absolute atomic E-state index is 13.6. The van der Waals surface area contributed by atoms with Gasteiger partial charge in [-0.3, -0.25) is 64.4 Å². The van der Waals surface area contributed by atoms with E-state index < -0.39 is 110 Å². The van der Waals surface area contributed by atoms with Crippen LogP contribution in [0.1, 0.15) is 75.2 Å². The van der Waals surface area contributed by atoms with Crippen LogP contribution in [0, 0.1) is 0 Å². The molecule has 1 aromatic carbocycles. The summed E-state index contributed by atoms with van der Waals surface area (Å²) in [5.74, 6) is -7.10. The largest absolute Gasteiger partial charge is 0.462 e. The number of hydrogen-bond acceptors (Lipinski definition) is 13. The van der Waals surface area contributed by atoms with Crippen LogP contribution in [-0.4, -0.2) is 134 Å². The van der Waals surface area contributed by atoms with Gasteiger partial charge >= 0.3 is 23.9 Å². The van der Waals surface area contributed by atoms with E-state index in [-0.39, 0.29) is 56.9 Å². The Morgan fingerprint density at radius 2 is 1.57 bits per heavy atom. The van der Waals surface area contributed by atoms with Gasteiger partial charge in [-0.2, -0.15) is 0 Å². The first-order valence-electron chi connectivity index (χ1n) is 19.0. The van der Waals surface area contributed by atoms with Crippen LogP contribution < -0.4 is 48.4 Å². The Morgan fingerprint density at radius 3 is 2.23 bits per heavy atom. The molecule has 0 fully saturated rings. The fourth-order valence-corrected chi connectivity index (χ4v) is 5.51. The van der Waals surface area contributed by atoms with Crippen LogP contribution in [0.25, 0.3) is 0 Å². The lowest BCUT2D eigenvalue weighted by Crippen LogP contribution is -2.78. The molecule has 0 saturated heterocycles. The van der Waals surface area contributed by atoms with E-state index in [0.29, 0.717) is 12.0 Å². The monoisotopic (exact) mass is 847 g/mol. The molecule has 0 aliphatic carbocycles. The number of rotatable bonds is 17. The summed E-state index contributed by atoms with van der Waals surface area (Å²) in [6, 6.07) is 2.63. The van der Waals surface area contributed by atoms with E-state index >= 15 is 0 Å². The number of nitrogens with zero attached hydrogens (tertiary/aromatic N) is 1. The highest BCUT2D eigenvalue weighted by Gasteiger charge is 2.32. The number of hydrogen-bond donors (Lipinski definition) is 9. The maximum atomic E-state index is 13.6. The molecule has 7 amide bonds. The molecule has 4 unspecified atom stereocenters. The lowest BCUT2D eigenvalue weighted by atomic mass is 10.1. The zero-order valence-corrected chi connectivity index (χ0v) is 34.0. The summed E-state index contributed by atoms with van der Waals surface area (Å²) in [7, 11) is 1.40. The number of nitrogens with two attached hydrogens (primary N) is 2. The number of guanidine groups is 1. The van der Waals surface area contributed by atoms with Gasteiger partial charge in [0.15, 0.2) is 6.10 Å². The molecule has 1 aromatic rings. The number of carbonyl (C=O) groups is 10. The van der Waals surface area contributed by atoms with E-state index in [1.807, 2.05) is 0 Å². The van der Waals surface area contributed by atoms with Gasteiger partial charge in [-0.1, -0.05) is 19.1 Å². The van der Waals surface area contributed by atoms with Crippen LogP contribution in [0.5, 0.6) is 0 Å². The second kappa shape index (κ2) is 25.5. The molecule has 0 spiro atoms. The van der Waals surface area contributed by atoms with Gasteiger partial charge in [-0.05, 0) is 37.0 Å². The quantitative estimate of drug-likeness (QED) is 0.0177. The van der Waals surface area contributed by atoms with E-state index in [4.69, 9.17) is 25.7 Å². The number of ether oxygens (including phenoxy) is 3. The molecular weight excluding hydrogens is 792 g/mol. The summed E-state index contributed by atoms with van der Waals surface area (Å²) < 4.78 is 14.7. The van der Waals surface area contributed by atoms with Crippen LogP contribution in [-0.2, 0) is 63.9 Å². The molecule has 0 saturated carbocycles. The second-order valence-electron chi connectivity index (χ2n) is 13.5. The van der Waals surface area contributed by atoms with Crippen LogP contribution in [0.2, 0.25) is 0 Å². The SMILES string of the molecule is CCC1NC(=O)c2cccc(c2)CNC(=O)C(CC(=O)NCNC(=O)CCC(=O)OCC(COC(C)=O)OC(C)=O)NC(=O)CNC(=O)C(CCC[NH+]=C(N)N)N(C)C1=O. The Kier molecular flexibility index (Phi) is 21.0. The van der Waals surface area contributed by atoms with Crippen LogP contribution in [0.15, 0.2) is 24.3 Å². The Balaban J connectivity index is 2.12. The minimum Gasteiger partial charge on any atom is -0.462 e. The normalized spacial score (nSPS) is 18.1. The van der Waals surface area contributed by atoms with Gasteiger partial charge in [0.25, 0.3) is 5.91 Å². The van der Waals surface area contributed by atoms with Crippen molar-refractivity contribution in [3.63, 3.8) is 0 Å². The van der Waals surface area contributed by atoms with Gasteiger partial charge in [0.2, 0.25) is 35.4 Å². The smallest absolute Gasteiger partial charge is 0.338 e. The van der Waals surface area contributed by atoms with Crippen LogP contribution in [0.4, 0.5) is 0 Å². The number of fused-ring (bicyclic) bond motifs is 2. The highest BCUT2D eigenvalue weighted by molar-refractivity contribution is 5.99. The number of benzene rings is 1. The predicted octanol–water partition coefficient (Wildman–Crippen LogP) is -5.21. The zero-order valence-electron chi connectivity index (χ0n) is 34.0. The molecule has 60 heavy (non-hydrogen) atoms. The Morgan fingerprint density at radius 1 is 0.883 bits per heavy atom. The second-order valence-corrected chi connectivity index (χ2v) is 13.5. The molecule has 1 aliphatic rings. The third kappa shape index (κ3) is 18.6. The van der Waals surface area contributed by atoms with E-state index in [9.17, 15) is 47.9 Å². The van der Waals surface area contributed by atoms with Crippen molar-refractivity contribution in [2.75, 3.05) is 40.0 Å². The molecule has 2 rings (SSSR count). The predicted molar refractivity (Wildman–Crippen MR) is 208 cm³/mol. The maximum Gasteiger partial charge on any atom is 0.338 e. The van der Waals surface area contributed by atoms with Gasteiger partial charge < -0.3 is 51.0 Å².